The van der Waals surface area contributed by atoms with Crippen molar-refractivity contribution in [1.82, 2.24) is 31.9 Å². The van der Waals surface area contributed by atoms with Crippen LogP contribution in [-0.2, 0) is 85.8 Å². The first-order chi connectivity index (χ1) is 34.8. The lowest BCUT2D eigenvalue weighted by molar-refractivity contribution is -0.277. The molecule has 0 saturated carbocycles. The van der Waals surface area contributed by atoms with E-state index in [1.165, 1.54) is 13.8 Å². The van der Waals surface area contributed by atoms with Crippen LogP contribution in [0.3, 0.4) is 0 Å². The molecule has 0 aromatic heterocycles. The number of amides is 6. The van der Waals surface area contributed by atoms with Gasteiger partial charge >= 0.3 is 23.9 Å². The topological polar surface area (TPSA) is 389 Å². The van der Waals surface area contributed by atoms with Crippen LogP contribution in [-0.4, -0.2) is 193 Å². The average molecular weight is 1050 g/mol. The van der Waals surface area contributed by atoms with E-state index >= 15 is 0 Å². The second-order valence-electron chi connectivity index (χ2n) is 17.1. The van der Waals surface area contributed by atoms with Crippen LogP contribution in [0.5, 0.6) is 0 Å². The maximum Gasteiger partial charge on any atom is 0.303 e. The number of nitrogens with one attached hydrogen (secondary N) is 6. The van der Waals surface area contributed by atoms with E-state index in [0.29, 0.717) is 58.3 Å². The molecule has 0 spiro atoms. The molecule has 1 aliphatic rings. The fraction of sp³-hybridized carbons (Fsp3) is 0.783. The van der Waals surface area contributed by atoms with Crippen LogP contribution in [0, 0.1) is 0 Å². The van der Waals surface area contributed by atoms with E-state index in [4.69, 9.17) is 54.5 Å². The van der Waals surface area contributed by atoms with Gasteiger partial charge in [0.15, 0.2) is 18.5 Å². The fourth-order valence-corrected chi connectivity index (χ4v) is 6.87. The smallest absolute Gasteiger partial charge is 0.303 e. The fourth-order valence-electron chi connectivity index (χ4n) is 6.87. The Labute approximate surface area is 425 Å². The number of carboxylic acids is 1. The minimum atomic E-state index is -1.36. The Morgan fingerprint density at radius 2 is 1.00 bits per heavy atom. The number of hydrogen-bond acceptors (Lipinski definition) is 20. The zero-order chi connectivity index (χ0) is 54.4. The SMILES string of the molecule is CC(=O)NC1C(OC(C)=O)[C@@H](OC(C)=O)C(COC(C)=O)O[C@H]1OCCCCC(=O)NCCCNC(=O)CCOCC(COCCC(=O)NCCCN)(COCCC(=O)NCCCN)NC(=O)CCCC(=O)O. The maximum atomic E-state index is 13.1. The Kier molecular flexibility index (Phi) is 34.9. The van der Waals surface area contributed by atoms with Crippen LogP contribution in [0.4, 0.5) is 0 Å². The van der Waals surface area contributed by atoms with Gasteiger partial charge in [0.25, 0.3) is 0 Å². The van der Waals surface area contributed by atoms with Crippen LogP contribution in [0.25, 0.3) is 0 Å². The molecule has 0 bridgehead atoms. The van der Waals surface area contributed by atoms with Gasteiger partial charge in [-0.3, -0.25) is 47.9 Å². The first-order valence-electron chi connectivity index (χ1n) is 24.6. The Morgan fingerprint density at radius 3 is 1.45 bits per heavy atom. The number of carbonyl (C=O) groups excluding carboxylic acids is 9. The number of hydrogen-bond donors (Lipinski definition) is 9. The van der Waals surface area contributed by atoms with E-state index in [-0.39, 0.29) is 135 Å². The summed E-state index contributed by atoms with van der Waals surface area (Å²) in [6, 6.07) is -1.12. The van der Waals surface area contributed by atoms with Crippen molar-refractivity contribution in [3.05, 3.63) is 0 Å². The normalized spacial score (nSPS) is 17.3. The van der Waals surface area contributed by atoms with E-state index in [1.54, 1.807) is 0 Å². The number of esters is 3. The highest BCUT2D eigenvalue weighted by Gasteiger charge is 2.51. The molecule has 11 N–H and O–H groups in total. The Bertz CT molecular complexity index is 1700. The molecule has 1 rings (SSSR count). The van der Waals surface area contributed by atoms with Gasteiger partial charge in [-0.15, -0.1) is 0 Å². The first kappa shape index (κ1) is 65.4. The van der Waals surface area contributed by atoms with Gasteiger partial charge in [-0.05, 0) is 51.6 Å². The van der Waals surface area contributed by atoms with Crippen LogP contribution in [0.2, 0.25) is 0 Å². The molecule has 3 unspecified atom stereocenters. The van der Waals surface area contributed by atoms with Crippen molar-refractivity contribution < 1.29 is 90.9 Å². The molecule has 418 valence electrons. The first-order valence-corrected chi connectivity index (χ1v) is 24.6. The minimum absolute atomic E-state index is 0.00624. The van der Waals surface area contributed by atoms with Crippen molar-refractivity contribution in [3.63, 3.8) is 0 Å². The molecule has 1 fully saturated rings. The lowest BCUT2D eigenvalue weighted by atomic mass is 9.96. The van der Waals surface area contributed by atoms with Gasteiger partial charge in [-0.2, -0.15) is 0 Å². The number of nitrogens with two attached hydrogens (primary N) is 2. The molecule has 0 aliphatic carbocycles. The van der Waals surface area contributed by atoms with Crippen molar-refractivity contribution in [1.29, 1.82) is 0 Å². The van der Waals surface area contributed by atoms with Crippen LogP contribution < -0.4 is 43.4 Å². The highest BCUT2D eigenvalue weighted by atomic mass is 16.7. The molecule has 73 heavy (non-hydrogen) atoms. The average Bonchev–Trinajstić information content (AvgIpc) is 3.31. The summed E-state index contributed by atoms with van der Waals surface area (Å²) in [7, 11) is 0. The summed E-state index contributed by atoms with van der Waals surface area (Å²) in [5, 5.41) is 25.5. The third-order valence-corrected chi connectivity index (χ3v) is 10.3. The molecule has 6 amide bonds. The predicted octanol–water partition coefficient (Wildman–Crippen LogP) is -2.29. The van der Waals surface area contributed by atoms with Gasteiger partial charge < -0.3 is 86.4 Å². The van der Waals surface area contributed by atoms with Crippen LogP contribution in [0.1, 0.15) is 105 Å². The Balaban J connectivity index is 2.73. The zero-order valence-corrected chi connectivity index (χ0v) is 42.7. The van der Waals surface area contributed by atoms with E-state index < -0.39 is 71.9 Å². The molecule has 0 aromatic carbocycles. The van der Waals surface area contributed by atoms with Crippen LogP contribution >= 0.6 is 0 Å². The van der Waals surface area contributed by atoms with Gasteiger partial charge in [0.1, 0.15) is 24.3 Å². The Morgan fingerprint density at radius 1 is 0.534 bits per heavy atom. The number of aliphatic carboxylic acids is 1. The van der Waals surface area contributed by atoms with Crippen molar-refractivity contribution >= 4 is 59.3 Å². The summed E-state index contributed by atoms with van der Waals surface area (Å²) in [4.78, 5) is 122. The van der Waals surface area contributed by atoms with Gasteiger partial charge in [0.05, 0.1) is 39.6 Å². The van der Waals surface area contributed by atoms with Crippen LogP contribution in [0.15, 0.2) is 0 Å². The summed E-state index contributed by atoms with van der Waals surface area (Å²) in [5.41, 5.74) is 9.61. The number of carboxylic acid groups (broad SMARTS) is 1. The molecule has 1 saturated heterocycles. The summed E-state index contributed by atoms with van der Waals surface area (Å²) in [5.74, 6) is -5.38. The third kappa shape index (κ3) is 32.3. The highest BCUT2D eigenvalue weighted by Crippen LogP contribution is 2.28. The van der Waals surface area contributed by atoms with E-state index in [9.17, 15) is 47.9 Å². The second kappa shape index (κ2) is 39.0. The molecule has 27 nitrogen and oxygen atoms in total. The summed E-state index contributed by atoms with van der Waals surface area (Å²) >= 11 is 0. The van der Waals surface area contributed by atoms with E-state index in [1.807, 2.05) is 0 Å². The molecular formula is C46H80N8O19. The number of unbranched alkanes of at least 4 members (excludes halogenated alkanes) is 1. The Hall–Kier alpha value is -5.58. The van der Waals surface area contributed by atoms with Crippen molar-refractivity contribution in [2.24, 2.45) is 11.5 Å². The molecule has 0 radical (unpaired) electrons. The number of ether oxygens (including phenoxy) is 8. The largest absolute Gasteiger partial charge is 0.481 e. The standard InChI is InChI=1S/C46H80N8O19/c1-31(55)53-42-44(72-34(4)58)43(71-33(3)57)35(27-70-32(2)56)73-45(42)69-23-6-5-11-36(59)51-21-10-22-52-39(62)16-26-68-30-46(54-40(63)12-7-13-41(64)65,28-66-24-14-37(60)49-19-8-17-47)29-67-25-15-38(61)50-20-9-18-48/h35,42-45H,5-30,47-48H2,1-4H3,(H,49,60)(H,50,61)(H,51,59)(H,52,62)(H,53,55)(H,54,63)(H,64,65)/t35?,42?,43-,44?,45+/m0/s1. The van der Waals surface area contributed by atoms with E-state index in [2.05, 4.69) is 31.9 Å². The molecule has 5 atom stereocenters. The number of rotatable bonds is 41. The predicted molar refractivity (Wildman–Crippen MR) is 256 cm³/mol. The minimum Gasteiger partial charge on any atom is -0.481 e. The lowest BCUT2D eigenvalue weighted by Crippen LogP contribution is -2.66. The molecule has 27 heteroatoms. The second-order valence-corrected chi connectivity index (χ2v) is 17.1. The van der Waals surface area contributed by atoms with Crippen molar-refractivity contribution in [2.75, 3.05) is 92.1 Å². The number of carbonyl (C=O) groups is 10. The van der Waals surface area contributed by atoms with Gasteiger partial charge in [0, 0.05) is 99.0 Å². The molecule has 0 aromatic rings. The molecular weight excluding hydrogens is 969 g/mol. The lowest BCUT2D eigenvalue weighted by Gasteiger charge is -2.44. The van der Waals surface area contributed by atoms with E-state index in [0.717, 1.165) is 13.8 Å². The molecule has 1 heterocycles. The van der Waals surface area contributed by atoms with Gasteiger partial charge in [-0.25, -0.2) is 0 Å². The quantitative estimate of drug-likeness (QED) is 0.0177. The zero-order valence-electron chi connectivity index (χ0n) is 42.7. The summed E-state index contributed by atoms with van der Waals surface area (Å²) < 4.78 is 45.4. The van der Waals surface area contributed by atoms with Crippen molar-refractivity contribution in [3.8, 4) is 0 Å². The highest BCUT2D eigenvalue weighted by molar-refractivity contribution is 5.78. The van der Waals surface area contributed by atoms with Crippen molar-refractivity contribution in [2.45, 2.75) is 141 Å². The summed E-state index contributed by atoms with van der Waals surface area (Å²) in [6.45, 7) is 5.66. The maximum absolute atomic E-state index is 13.1. The summed E-state index contributed by atoms with van der Waals surface area (Å²) in [6.07, 6.45) is -2.79. The third-order valence-electron chi connectivity index (χ3n) is 10.3. The van der Waals surface area contributed by atoms with Gasteiger partial charge in [-0.1, -0.05) is 0 Å². The monoisotopic (exact) mass is 1050 g/mol. The molecule has 1 aliphatic heterocycles. The van der Waals surface area contributed by atoms with Gasteiger partial charge in [0.2, 0.25) is 35.4 Å².